The summed E-state index contributed by atoms with van der Waals surface area (Å²) in [7, 11) is 0. The summed E-state index contributed by atoms with van der Waals surface area (Å²) in [4.78, 5) is 26.8. The molecule has 3 rings (SSSR count). The SMILES string of the molecule is CCCOc1ccccc1/C=C1/N=C(c2cc([N+](=O)[O-])ccc2Cl)OC1=O. The predicted octanol–water partition coefficient (Wildman–Crippen LogP) is 4.38. The number of non-ortho nitro benzene ring substituents is 1. The molecule has 0 aliphatic carbocycles. The molecule has 138 valence electrons. The molecule has 0 atom stereocenters. The minimum Gasteiger partial charge on any atom is -0.493 e. The third kappa shape index (κ3) is 4.15. The smallest absolute Gasteiger partial charge is 0.363 e. The van der Waals surface area contributed by atoms with Crippen LogP contribution in [0.3, 0.4) is 0 Å². The van der Waals surface area contributed by atoms with E-state index in [0.717, 1.165) is 6.42 Å². The van der Waals surface area contributed by atoms with Crippen LogP contribution in [0.4, 0.5) is 5.69 Å². The summed E-state index contributed by atoms with van der Waals surface area (Å²) in [6.07, 6.45) is 2.39. The second-order valence-electron chi connectivity index (χ2n) is 5.64. The van der Waals surface area contributed by atoms with E-state index in [2.05, 4.69) is 4.99 Å². The second kappa shape index (κ2) is 8.01. The molecule has 7 nitrogen and oxygen atoms in total. The lowest BCUT2D eigenvalue weighted by molar-refractivity contribution is -0.384. The topological polar surface area (TPSA) is 91.0 Å². The highest BCUT2D eigenvalue weighted by atomic mass is 35.5. The van der Waals surface area contributed by atoms with E-state index in [4.69, 9.17) is 21.1 Å². The number of halogens is 1. The number of carbonyl (C=O) groups is 1. The van der Waals surface area contributed by atoms with Crippen molar-refractivity contribution in [2.75, 3.05) is 6.61 Å². The minimum absolute atomic E-state index is 0.0557. The molecule has 1 aliphatic heterocycles. The van der Waals surface area contributed by atoms with Crippen LogP contribution in [0.25, 0.3) is 6.08 Å². The van der Waals surface area contributed by atoms with E-state index < -0.39 is 10.9 Å². The number of aliphatic imine (C=N–C) groups is 1. The number of cyclic esters (lactones) is 1. The first kappa shape index (κ1) is 18.6. The van der Waals surface area contributed by atoms with Crippen molar-refractivity contribution in [1.82, 2.24) is 0 Å². The highest BCUT2D eigenvalue weighted by Gasteiger charge is 2.27. The third-order valence-electron chi connectivity index (χ3n) is 3.68. The molecule has 2 aromatic rings. The van der Waals surface area contributed by atoms with Crippen LogP contribution in [-0.4, -0.2) is 23.4 Å². The minimum atomic E-state index is -0.669. The van der Waals surface area contributed by atoms with Gasteiger partial charge in [-0.2, -0.15) is 0 Å². The molecule has 0 saturated carbocycles. The molecule has 0 fully saturated rings. The number of hydrogen-bond donors (Lipinski definition) is 0. The molecule has 0 amide bonds. The number of ether oxygens (including phenoxy) is 2. The Morgan fingerprint density at radius 2 is 2.07 bits per heavy atom. The van der Waals surface area contributed by atoms with Gasteiger partial charge in [-0.25, -0.2) is 9.79 Å². The van der Waals surface area contributed by atoms with E-state index >= 15 is 0 Å². The highest BCUT2D eigenvalue weighted by Crippen LogP contribution is 2.28. The quantitative estimate of drug-likeness (QED) is 0.318. The van der Waals surface area contributed by atoms with Crippen molar-refractivity contribution in [2.45, 2.75) is 13.3 Å². The van der Waals surface area contributed by atoms with Gasteiger partial charge in [-0.05, 0) is 24.6 Å². The molecule has 2 aromatic carbocycles. The van der Waals surface area contributed by atoms with Gasteiger partial charge in [-0.15, -0.1) is 0 Å². The lowest BCUT2D eigenvalue weighted by atomic mass is 10.1. The Morgan fingerprint density at radius 3 is 2.81 bits per heavy atom. The lowest BCUT2D eigenvalue weighted by Gasteiger charge is -2.07. The maximum absolute atomic E-state index is 12.2. The first-order chi connectivity index (χ1) is 13.0. The van der Waals surface area contributed by atoms with E-state index in [1.807, 2.05) is 19.1 Å². The highest BCUT2D eigenvalue weighted by molar-refractivity contribution is 6.34. The zero-order valence-electron chi connectivity index (χ0n) is 14.3. The summed E-state index contributed by atoms with van der Waals surface area (Å²) in [5, 5.41) is 11.2. The fraction of sp³-hybridized carbons (Fsp3) is 0.158. The van der Waals surface area contributed by atoms with Crippen LogP contribution in [0.1, 0.15) is 24.5 Å². The Labute approximate surface area is 160 Å². The van der Waals surface area contributed by atoms with Crippen molar-refractivity contribution in [3.8, 4) is 5.75 Å². The average Bonchev–Trinajstić information content (AvgIpc) is 3.01. The fourth-order valence-electron chi connectivity index (χ4n) is 2.41. The molecule has 1 heterocycles. The van der Waals surface area contributed by atoms with E-state index in [-0.39, 0.29) is 27.9 Å². The van der Waals surface area contributed by atoms with Gasteiger partial charge < -0.3 is 9.47 Å². The average molecular weight is 387 g/mol. The fourth-order valence-corrected chi connectivity index (χ4v) is 2.60. The number of nitro benzene ring substituents is 1. The summed E-state index contributed by atoms with van der Waals surface area (Å²) in [6, 6.07) is 11.1. The number of nitro groups is 1. The van der Waals surface area contributed by atoms with Crippen LogP contribution < -0.4 is 4.74 Å². The van der Waals surface area contributed by atoms with Gasteiger partial charge in [0.25, 0.3) is 5.69 Å². The van der Waals surface area contributed by atoms with Crippen LogP contribution in [0, 0.1) is 10.1 Å². The monoisotopic (exact) mass is 386 g/mol. The predicted molar refractivity (Wildman–Crippen MR) is 101 cm³/mol. The molecule has 0 aromatic heterocycles. The summed E-state index contributed by atoms with van der Waals surface area (Å²) < 4.78 is 10.8. The number of benzene rings is 2. The Morgan fingerprint density at radius 1 is 1.30 bits per heavy atom. The molecule has 8 heteroatoms. The number of carbonyl (C=O) groups excluding carboxylic acids is 1. The van der Waals surface area contributed by atoms with E-state index in [1.165, 1.54) is 18.2 Å². The number of hydrogen-bond acceptors (Lipinski definition) is 6. The number of rotatable bonds is 6. The van der Waals surface area contributed by atoms with Gasteiger partial charge in [-0.3, -0.25) is 10.1 Å². The normalized spacial score (nSPS) is 14.8. The number of esters is 1. The van der Waals surface area contributed by atoms with Crippen molar-refractivity contribution >= 4 is 35.2 Å². The van der Waals surface area contributed by atoms with Crippen molar-refractivity contribution in [2.24, 2.45) is 4.99 Å². The zero-order valence-corrected chi connectivity index (χ0v) is 15.1. The van der Waals surface area contributed by atoms with Gasteiger partial charge in [0.15, 0.2) is 5.70 Å². The molecule has 0 N–H and O–H groups in total. The summed E-state index contributed by atoms with van der Waals surface area (Å²) in [5.41, 5.74) is 0.732. The van der Waals surface area contributed by atoms with Gasteiger partial charge in [0.1, 0.15) is 5.75 Å². The zero-order chi connectivity index (χ0) is 19.4. The Hall–Kier alpha value is -3.19. The van der Waals surface area contributed by atoms with Gasteiger partial charge in [0, 0.05) is 17.7 Å². The van der Waals surface area contributed by atoms with E-state index in [0.29, 0.717) is 17.9 Å². The molecular weight excluding hydrogens is 372 g/mol. The second-order valence-corrected chi connectivity index (χ2v) is 6.05. The third-order valence-corrected chi connectivity index (χ3v) is 4.01. The molecule has 0 unspecified atom stereocenters. The molecular formula is C19H15ClN2O5. The Kier molecular flexibility index (Phi) is 5.52. The number of nitrogens with zero attached hydrogens (tertiary/aromatic N) is 2. The maximum Gasteiger partial charge on any atom is 0.363 e. The lowest BCUT2D eigenvalue weighted by Crippen LogP contribution is -2.06. The van der Waals surface area contributed by atoms with Crippen molar-refractivity contribution < 1.29 is 19.2 Å². The van der Waals surface area contributed by atoms with Crippen LogP contribution in [-0.2, 0) is 9.53 Å². The number of para-hydroxylation sites is 1. The summed E-state index contributed by atoms with van der Waals surface area (Å²) >= 11 is 6.08. The largest absolute Gasteiger partial charge is 0.493 e. The maximum atomic E-state index is 12.2. The van der Waals surface area contributed by atoms with Gasteiger partial charge in [-0.1, -0.05) is 36.7 Å². The molecule has 0 spiro atoms. The van der Waals surface area contributed by atoms with E-state index in [1.54, 1.807) is 18.2 Å². The summed E-state index contributed by atoms with van der Waals surface area (Å²) in [5.74, 6) is -0.124. The van der Waals surface area contributed by atoms with Crippen LogP contribution >= 0.6 is 11.6 Å². The summed E-state index contributed by atoms with van der Waals surface area (Å²) in [6.45, 7) is 2.54. The van der Waals surface area contributed by atoms with Gasteiger partial charge in [0.2, 0.25) is 5.90 Å². The van der Waals surface area contributed by atoms with Crippen LogP contribution in [0.2, 0.25) is 5.02 Å². The molecule has 0 bridgehead atoms. The van der Waals surface area contributed by atoms with Crippen molar-refractivity contribution in [3.63, 3.8) is 0 Å². The standard InChI is InChI=1S/C19H15ClN2O5/c1-2-9-26-17-6-4-3-5-12(17)10-16-19(23)27-18(21-16)14-11-13(22(24)25)7-8-15(14)20/h3-8,10-11H,2,9H2,1H3/b16-10+. The van der Waals surface area contributed by atoms with Crippen LogP contribution in [0.15, 0.2) is 53.2 Å². The van der Waals surface area contributed by atoms with Gasteiger partial charge >= 0.3 is 5.97 Å². The molecule has 0 saturated heterocycles. The molecule has 1 aliphatic rings. The first-order valence-corrected chi connectivity index (χ1v) is 8.56. The van der Waals surface area contributed by atoms with Gasteiger partial charge in [0.05, 0.1) is 22.1 Å². The molecule has 27 heavy (non-hydrogen) atoms. The van der Waals surface area contributed by atoms with Crippen molar-refractivity contribution in [1.29, 1.82) is 0 Å². The van der Waals surface area contributed by atoms with E-state index in [9.17, 15) is 14.9 Å². The van der Waals surface area contributed by atoms with Crippen molar-refractivity contribution in [3.05, 3.63) is 74.4 Å². The Balaban J connectivity index is 1.97. The first-order valence-electron chi connectivity index (χ1n) is 8.18. The van der Waals surface area contributed by atoms with Crippen LogP contribution in [0.5, 0.6) is 5.75 Å². The Bertz CT molecular complexity index is 968. The molecule has 0 radical (unpaired) electrons.